The second-order valence-corrected chi connectivity index (χ2v) is 2.99. The Morgan fingerprint density at radius 1 is 1.83 bits per heavy atom. The third-order valence-corrected chi connectivity index (χ3v) is 1.89. The van der Waals surface area contributed by atoms with Crippen LogP contribution in [0.1, 0.15) is 16.2 Å². The normalized spacial score (nSPS) is 9.92. The Morgan fingerprint density at radius 2 is 2.50 bits per heavy atom. The highest BCUT2D eigenvalue weighted by molar-refractivity contribution is 9.10. The van der Waals surface area contributed by atoms with E-state index in [1.807, 2.05) is 0 Å². The molecule has 0 aliphatic rings. The van der Waals surface area contributed by atoms with Gasteiger partial charge in [0.2, 0.25) is 0 Å². The minimum atomic E-state index is -0.469. The topological polar surface area (TPSA) is 55.0 Å². The Hall–Kier alpha value is -0.550. The number of hydrogen-bond acceptors (Lipinski definition) is 3. The third kappa shape index (κ3) is 1.78. The van der Waals surface area contributed by atoms with Crippen molar-refractivity contribution >= 4 is 33.5 Å². The molecule has 0 bridgehead atoms. The van der Waals surface area contributed by atoms with Crippen LogP contribution >= 0.6 is 27.5 Å². The van der Waals surface area contributed by atoms with Crippen LogP contribution in [0.4, 0.5) is 0 Å². The largest absolute Gasteiger partial charge is 0.464 e. The van der Waals surface area contributed by atoms with Gasteiger partial charge in [0.05, 0.1) is 18.7 Å². The maximum atomic E-state index is 11.0. The summed E-state index contributed by atoms with van der Waals surface area (Å²) < 4.78 is 4.97. The van der Waals surface area contributed by atoms with E-state index in [-0.39, 0.29) is 5.88 Å². The molecule has 0 amide bonds. The zero-order valence-corrected chi connectivity index (χ0v) is 8.57. The second-order valence-electron chi connectivity index (χ2n) is 1.97. The van der Waals surface area contributed by atoms with Gasteiger partial charge < -0.3 is 9.72 Å². The van der Waals surface area contributed by atoms with Crippen molar-refractivity contribution in [3.05, 3.63) is 16.1 Å². The molecule has 66 valence electrons. The van der Waals surface area contributed by atoms with Crippen LogP contribution in [-0.4, -0.2) is 23.0 Å². The van der Waals surface area contributed by atoms with Gasteiger partial charge in [0.25, 0.3) is 0 Å². The lowest BCUT2D eigenvalue weighted by molar-refractivity contribution is 0.0593. The van der Waals surface area contributed by atoms with E-state index in [1.165, 1.54) is 7.11 Å². The third-order valence-electron chi connectivity index (χ3n) is 1.27. The number of aromatic amines is 1. The molecule has 0 radical (unpaired) electrons. The summed E-state index contributed by atoms with van der Waals surface area (Å²) in [6, 6.07) is 0. The SMILES string of the molecule is COC(=O)c1[nH]c(Br)nc1CCl. The van der Waals surface area contributed by atoms with Crippen LogP contribution in [0.2, 0.25) is 0 Å². The molecular formula is C6H6BrClN2O2. The summed E-state index contributed by atoms with van der Waals surface area (Å²) >= 11 is 8.62. The zero-order chi connectivity index (χ0) is 9.14. The molecule has 4 nitrogen and oxygen atoms in total. The molecule has 0 saturated heterocycles. The van der Waals surface area contributed by atoms with Crippen molar-refractivity contribution in [2.24, 2.45) is 0 Å². The van der Waals surface area contributed by atoms with E-state index in [1.54, 1.807) is 0 Å². The fourth-order valence-corrected chi connectivity index (χ4v) is 1.35. The Kier molecular flexibility index (Phi) is 3.11. The lowest BCUT2D eigenvalue weighted by Gasteiger charge is -1.95. The number of H-pyrrole nitrogens is 1. The number of ether oxygens (including phenoxy) is 1. The first-order chi connectivity index (χ1) is 5.69. The number of aromatic nitrogens is 2. The average molecular weight is 253 g/mol. The summed E-state index contributed by atoms with van der Waals surface area (Å²) in [5, 5.41) is 0. The molecule has 0 unspecified atom stereocenters. The van der Waals surface area contributed by atoms with Gasteiger partial charge in [0.1, 0.15) is 5.69 Å². The monoisotopic (exact) mass is 252 g/mol. The molecule has 1 aromatic heterocycles. The Balaban J connectivity index is 3.04. The van der Waals surface area contributed by atoms with Gasteiger partial charge >= 0.3 is 5.97 Å². The van der Waals surface area contributed by atoms with E-state index in [0.717, 1.165) is 0 Å². The highest BCUT2D eigenvalue weighted by Gasteiger charge is 2.15. The van der Waals surface area contributed by atoms with E-state index >= 15 is 0 Å². The molecular weight excluding hydrogens is 247 g/mol. The van der Waals surface area contributed by atoms with Crippen molar-refractivity contribution in [3.8, 4) is 0 Å². The summed E-state index contributed by atoms with van der Waals surface area (Å²) in [5.74, 6) is -0.296. The molecule has 0 fully saturated rings. The predicted molar refractivity (Wildman–Crippen MR) is 47.2 cm³/mol. The van der Waals surface area contributed by atoms with E-state index in [4.69, 9.17) is 11.6 Å². The van der Waals surface area contributed by atoms with E-state index in [0.29, 0.717) is 16.1 Å². The fourth-order valence-electron chi connectivity index (χ4n) is 0.745. The molecule has 1 N–H and O–H groups in total. The quantitative estimate of drug-likeness (QED) is 0.645. The number of rotatable bonds is 2. The standard InChI is InChI=1S/C6H6BrClN2O2/c1-12-5(11)4-3(2-8)9-6(7)10-4/h2H2,1H3,(H,9,10). The highest BCUT2D eigenvalue weighted by Crippen LogP contribution is 2.13. The van der Waals surface area contributed by atoms with Crippen LogP contribution < -0.4 is 0 Å². The molecule has 0 aliphatic carbocycles. The number of carbonyl (C=O) groups excluding carboxylic acids is 1. The van der Waals surface area contributed by atoms with Crippen molar-refractivity contribution in [3.63, 3.8) is 0 Å². The van der Waals surface area contributed by atoms with Crippen LogP contribution in [0.3, 0.4) is 0 Å². The number of hydrogen-bond donors (Lipinski definition) is 1. The van der Waals surface area contributed by atoms with Gasteiger partial charge in [-0.25, -0.2) is 9.78 Å². The van der Waals surface area contributed by atoms with Gasteiger partial charge in [-0.05, 0) is 15.9 Å². The summed E-state index contributed by atoms with van der Waals surface area (Å²) in [7, 11) is 1.30. The van der Waals surface area contributed by atoms with E-state index in [2.05, 4.69) is 30.6 Å². The van der Waals surface area contributed by atoms with Crippen molar-refractivity contribution in [2.45, 2.75) is 5.88 Å². The van der Waals surface area contributed by atoms with Crippen molar-refractivity contribution in [1.29, 1.82) is 0 Å². The maximum Gasteiger partial charge on any atom is 0.356 e. The Bertz CT molecular complexity index is 300. The van der Waals surface area contributed by atoms with Gasteiger partial charge in [0, 0.05) is 0 Å². The molecule has 0 aliphatic heterocycles. The van der Waals surface area contributed by atoms with Crippen LogP contribution in [-0.2, 0) is 10.6 Å². The molecule has 1 heterocycles. The summed E-state index contributed by atoms with van der Waals surface area (Å²) in [5.41, 5.74) is 0.773. The van der Waals surface area contributed by atoms with Gasteiger partial charge in [0.15, 0.2) is 4.73 Å². The summed E-state index contributed by atoms with van der Waals surface area (Å²) in [6.07, 6.45) is 0. The maximum absolute atomic E-state index is 11.0. The molecule has 12 heavy (non-hydrogen) atoms. The summed E-state index contributed by atoms with van der Waals surface area (Å²) in [6.45, 7) is 0. The van der Waals surface area contributed by atoms with Crippen molar-refractivity contribution in [1.82, 2.24) is 9.97 Å². The van der Waals surface area contributed by atoms with Crippen LogP contribution in [0, 0.1) is 0 Å². The average Bonchev–Trinajstić information content (AvgIpc) is 2.45. The number of esters is 1. The van der Waals surface area contributed by atoms with Crippen molar-refractivity contribution < 1.29 is 9.53 Å². The molecule has 0 spiro atoms. The van der Waals surface area contributed by atoms with E-state index < -0.39 is 5.97 Å². The highest BCUT2D eigenvalue weighted by atomic mass is 79.9. The molecule has 0 saturated carbocycles. The lowest BCUT2D eigenvalue weighted by atomic mass is 10.3. The first kappa shape index (κ1) is 9.54. The smallest absolute Gasteiger partial charge is 0.356 e. The van der Waals surface area contributed by atoms with Gasteiger partial charge in [-0.3, -0.25) is 0 Å². The van der Waals surface area contributed by atoms with Gasteiger partial charge in [-0.15, -0.1) is 11.6 Å². The van der Waals surface area contributed by atoms with Gasteiger partial charge in [-0.2, -0.15) is 0 Å². The van der Waals surface area contributed by atoms with E-state index in [9.17, 15) is 4.79 Å². The molecule has 1 aromatic rings. The molecule has 0 aromatic carbocycles. The van der Waals surface area contributed by atoms with Crippen LogP contribution in [0.25, 0.3) is 0 Å². The Morgan fingerprint density at radius 3 is 3.00 bits per heavy atom. The fraction of sp³-hybridized carbons (Fsp3) is 0.333. The first-order valence-electron chi connectivity index (χ1n) is 3.07. The van der Waals surface area contributed by atoms with Crippen LogP contribution in [0.5, 0.6) is 0 Å². The number of nitrogens with zero attached hydrogens (tertiary/aromatic N) is 1. The van der Waals surface area contributed by atoms with Crippen molar-refractivity contribution in [2.75, 3.05) is 7.11 Å². The number of methoxy groups -OCH3 is 1. The summed E-state index contributed by atoms with van der Waals surface area (Å²) in [4.78, 5) is 17.7. The lowest BCUT2D eigenvalue weighted by Crippen LogP contribution is -2.04. The van der Waals surface area contributed by atoms with Gasteiger partial charge in [-0.1, -0.05) is 0 Å². The number of alkyl halides is 1. The minimum Gasteiger partial charge on any atom is -0.464 e. The number of nitrogens with one attached hydrogen (secondary N) is 1. The minimum absolute atomic E-state index is 0.173. The zero-order valence-electron chi connectivity index (χ0n) is 6.23. The number of carbonyl (C=O) groups is 1. The number of imidazole rings is 1. The molecule has 6 heteroatoms. The Labute approximate surface area is 82.4 Å². The number of halogens is 2. The van der Waals surface area contributed by atoms with Crippen LogP contribution in [0.15, 0.2) is 4.73 Å². The molecule has 1 rings (SSSR count). The molecule has 0 atom stereocenters. The second kappa shape index (κ2) is 3.91. The predicted octanol–water partition coefficient (Wildman–Crippen LogP) is 1.70. The first-order valence-corrected chi connectivity index (χ1v) is 4.40.